The molecule has 0 aromatic carbocycles. The molecule has 2 rings (SSSR count). The zero-order valence-corrected chi connectivity index (χ0v) is 10.7. The van der Waals surface area contributed by atoms with Crippen molar-refractivity contribution in [3.8, 4) is 0 Å². The van der Waals surface area contributed by atoms with E-state index in [0.29, 0.717) is 18.8 Å². The number of rotatable bonds is 2. The molecule has 0 unspecified atom stereocenters. The van der Waals surface area contributed by atoms with Gasteiger partial charge in [-0.05, 0) is 32.3 Å². The quantitative estimate of drug-likeness (QED) is 0.765. The van der Waals surface area contributed by atoms with Gasteiger partial charge in [-0.1, -0.05) is 0 Å². The van der Waals surface area contributed by atoms with Crippen molar-refractivity contribution < 1.29 is 9.90 Å². The number of nitrogens with zero attached hydrogens (tertiary/aromatic N) is 3. The first kappa shape index (κ1) is 12.8. The summed E-state index contributed by atoms with van der Waals surface area (Å²) in [7, 11) is 0. The molecule has 0 radical (unpaired) electrons. The summed E-state index contributed by atoms with van der Waals surface area (Å²) in [5.74, 6) is -0.145. The van der Waals surface area contributed by atoms with Crippen molar-refractivity contribution in [2.24, 2.45) is 5.73 Å². The van der Waals surface area contributed by atoms with Gasteiger partial charge in [0.25, 0.3) is 5.91 Å². The summed E-state index contributed by atoms with van der Waals surface area (Å²) < 4.78 is 0. The second-order valence-corrected chi connectivity index (χ2v) is 4.86. The number of aryl methyl sites for hydroxylation is 2. The fourth-order valence-electron chi connectivity index (χ4n) is 2.08. The molecule has 1 amide bonds. The van der Waals surface area contributed by atoms with Gasteiger partial charge in [-0.3, -0.25) is 4.79 Å². The van der Waals surface area contributed by atoms with Crippen LogP contribution in [0.25, 0.3) is 0 Å². The van der Waals surface area contributed by atoms with E-state index >= 15 is 0 Å². The summed E-state index contributed by atoms with van der Waals surface area (Å²) in [4.78, 5) is 21.7. The summed E-state index contributed by atoms with van der Waals surface area (Å²) in [5, 5.41) is 10.1. The molecule has 6 heteroatoms. The Bertz CT molecular complexity index is 477. The summed E-state index contributed by atoms with van der Waals surface area (Å²) in [6.07, 6.45) is 2.83. The molecule has 6 nitrogen and oxygen atoms in total. The van der Waals surface area contributed by atoms with E-state index in [9.17, 15) is 9.90 Å². The van der Waals surface area contributed by atoms with E-state index < -0.39 is 11.5 Å². The minimum absolute atomic E-state index is 0.158. The van der Waals surface area contributed by atoms with Gasteiger partial charge in [0.2, 0.25) is 5.95 Å². The topological polar surface area (TPSA) is 92.3 Å². The SMILES string of the molecule is Cc1cnc(N2CCC[C@@](O)(C(N)=O)C2)nc1C. The van der Waals surface area contributed by atoms with E-state index in [4.69, 9.17) is 5.73 Å². The number of hydrogen-bond acceptors (Lipinski definition) is 5. The average Bonchev–Trinajstić information content (AvgIpc) is 2.32. The molecule has 1 fully saturated rings. The molecule has 1 aromatic rings. The van der Waals surface area contributed by atoms with Crippen LogP contribution in [0.1, 0.15) is 24.1 Å². The summed E-state index contributed by atoms with van der Waals surface area (Å²) in [6.45, 7) is 4.72. The van der Waals surface area contributed by atoms with E-state index in [1.54, 1.807) is 11.1 Å². The number of carbonyl (C=O) groups excluding carboxylic acids is 1. The van der Waals surface area contributed by atoms with Gasteiger partial charge in [-0.2, -0.15) is 0 Å². The monoisotopic (exact) mass is 250 g/mol. The molecule has 0 saturated carbocycles. The van der Waals surface area contributed by atoms with Crippen LogP contribution in [0, 0.1) is 13.8 Å². The van der Waals surface area contributed by atoms with Crippen LogP contribution in [-0.2, 0) is 4.79 Å². The highest BCUT2D eigenvalue weighted by molar-refractivity contribution is 5.84. The number of piperidine rings is 1. The third kappa shape index (κ3) is 2.28. The normalized spacial score (nSPS) is 24.1. The minimum Gasteiger partial charge on any atom is -0.378 e. The predicted molar refractivity (Wildman–Crippen MR) is 67.1 cm³/mol. The Morgan fingerprint density at radius 3 is 2.89 bits per heavy atom. The number of nitrogens with two attached hydrogens (primary N) is 1. The maximum atomic E-state index is 11.3. The lowest BCUT2D eigenvalue weighted by Gasteiger charge is -2.37. The maximum absolute atomic E-state index is 11.3. The van der Waals surface area contributed by atoms with E-state index in [1.807, 2.05) is 13.8 Å². The Balaban J connectivity index is 2.23. The predicted octanol–water partition coefficient (Wildman–Crippen LogP) is -0.0900. The van der Waals surface area contributed by atoms with E-state index in [2.05, 4.69) is 9.97 Å². The van der Waals surface area contributed by atoms with Crippen molar-refractivity contribution in [1.29, 1.82) is 0 Å². The number of amides is 1. The van der Waals surface area contributed by atoms with E-state index in [1.165, 1.54) is 0 Å². The Labute approximate surface area is 106 Å². The first-order valence-electron chi connectivity index (χ1n) is 6.00. The number of primary amides is 1. The lowest BCUT2D eigenvalue weighted by molar-refractivity contribution is -0.137. The molecule has 98 valence electrons. The summed E-state index contributed by atoms with van der Waals surface area (Å²) >= 11 is 0. The van der Waals surface area contributed by atoms with Crippen LogP contribution in [0.5, 0.6) is 0 Å². The first-order valence-corrected chi connectivity index (χ1v) is 6.00. The second-order valence-electron chi connectivity index (χ2n) is 4.86. The third-order valence-electron chi connectivity index (χ3n) is 3.42. The lowest BCUT2D eigenvalue weighted by atomic mass is 9.92. The largest absolute Gasteiger partial charge is 0.378 e. The summed E-state index contributed by atoms with van der Waals surface area (Å²) in [5.41, 5.74) is 5.68. The fraction of sp³-hybridized carbons (Fsp3) is 0.583. The smallest absolute Gasteiger partial charge is 0.251 e. The van der Waals surface area contributed by atoms with Crippen molar-refractivity contribution in [3.05, 3.63) is 17.5 Å². The molecule has 1 aromatic heterocycles. The Morgan fingerprint density at radius 2 is 2.28 bits per heavy atom. The number of β-amino-alcohol motifs (C(OH)–C–C–N with tert-alkyl or cyclic N) is 1. The zero-order chi connectivity index (χ0) is 13.3. The van der Waals surface area contributed by atoms with Gasteiger partial charge in [0, 0.05) is 18.4 Å². The molecule has 0 aliphatic carbocycles. The molecule has 1 atom stereocenters. The van der Waals surface area contributed by atoms with Crippen LogP contribution < -0.4 is 10.6 Å². The highest BCUT2D eigenvalue weighted by Crippen LogP contribution is 2.24. The van der Waals surface area contributed by atoms with Crippen LogP contribution in [0.4, 0.5) is 5.95 Å². The maximum Gasteiger partial charge on any atom is 0.251 e. The number of hydrogen-bond donors (Lipinski definition) is 2. The van der Waals surface area contributed by atoms with E-state index in [0.717, 1.165) is 17.8 Å². The molecule has 18 heavy (non-hydrogen) atoms. The van der Waals surface area contributed by atoms with Gasteiger partial charge < -0.3 is 15.7 Å². The lowest BCUT2D eigenvalue weighted by Crippen LogP contribution is -2.56. The van der Waals surface area contributed by atoms with Crippen LogP contribution in [0.2, 0.25) is 0 Å². The highest BCUT2D eigenvalue weighted by Gasteiger charge is 2.39. The van der Waals surface area contributed by atoms with Gasteiger partial charge in [-0.15, -0.1) is 0 Å². The molecule has 2 heterocycles. The van der Waals surface area contributed by atoms with Gasteiger partial charge in [-0.25, -0.2) is 9.97 Å². The van der Waals surface area contributed by atoms with Crippen molar-refractivity contribution in [2.45, 2.75) is 32.3 Å². The number of anilines is 1. The van der Waals surface area contributed by atoms with Gasteiger partial charge >= 0.3 is 0 Å². The van der Waals surface area contributed by atoms with Crippen molar-refractivity contribution >= 4 is 11.9 Å². The van der Waals surface area contributed by atoms with Gasteiger partial charge in [0.05, 0.1) is 6.54 Å². The van der Waals surface area contributed by atoms with Crippen LogP contribution >= 0.6 is 0 Å². The summed E-state index contributed by atoms with van der Waals surface area (Å²) in [6, 6.07) is 0. The number of carbonyl (C=O) groups is 1. The number of aromatic nitrogens is 2. The van der Waals surface area contributed by atoms with Crippen molar-refractivity contribution in [1.82, 2.24) is 9.97 Å². The molecular weight excluding hydrogens is 232 g/mol. The van der Waals surface area contributed by atoms with Crippen molar-refractivity contribution in [2.75, 3.05) is 18.0 Å². The Hall–Kier alpha value is -1.69. The Morgan fingerprint density at radius 1 is 1.56 bits per heavy atom. The van der Waals surface area contributed by atoms with Crippen LogP contribution in [-0.4, -0.2) is 39.7 Å². The zero-order valence-electron chi connectivity index (χ0n) is 10.7. The highest BCUT2D eigenvalue weighted by atomic mass is 16.3. The Kier molecular flexibility index (Phi) is 3.21. The number of aliphatic hydroxyl groups is 1. The molecule has 1 aliphatic heterocycles. The minimum atomic E-state index is -1.47. The first-order chi connectivity index (χ1) is 8.42. The molecular formula is C12H18N4O2. The third-order valence-corrected chi connectivity index (χ3v) is 3.42. The average molecular weight is 250 g/mol. The van der Waals surface area contributed by atoms with Crippen LogP contribution in [0.15, 0.2) is 6.20 Å². The van der Waals surface area contributed by atoms with Gasteiger partial charge in [0.1, 0.15) is 0 Å². The molecule has 0 spiro atoms. The molecule has 0 bridgehead atoms. The van der Waals surface area contributed by atoms with Crippen molar-refractivity contribution in [3.63, 3.8) is 0 Å². The molecule has 1 saturated heterocycles. The van der Waals surface area contributed by atoms with Gasteiger partial charge in [0.15, 0.2) is 5.60 Å². The standard InChI is InChI=1S/C12H18N4O2/c1-8-6-14-11(15-9(8)2)16-5-3-4-12(18,7-16)10(13)17/h6,18H,3-5,7H2,1-2H3,(H2,13,17)/t12-/m0/s1. The second kappa shape index (κ2) is 4.53. The van der Waals surface area contributed by atoms with E-state index in [-0.39, 0.29) is 6.54 Å². The molecule has 1 aliphatic rings. The fourth-order valence-corrected chi connectivity index (χ4v) is 2.08. The molecule has 3 N–H and O–H groups in total. The van der Waals surface area contributed by atoms with Crippen LogP contribution in [0.3, 0.4) is 0 Å².